The molecule has 0 aliphatic heterocycles. The van der Waals surface area contributed by atoms with Gasteiger partial charge >= 0.3 is 0 Å². The highest BCUT2D eigenvalue weighted by molar-refractivity contribution is 7.09. The maximum atomic E-state index is 5.14. The third-order valence-electron chi connectivity index (χ3n) is 1.99. The van der Waals surface area contributed by atoms with Crippen molar-refractivity contribution in [2.24, 2.45) is 0 Å². The van der Waals surface area contributed by atoms with E-state index in [2.05, 4.69) is 17.2 Å². The van der Waals surface area contributed by atoms with Gasteiger partial charge in [-0.25, -0.2) is 0 Å². The minimum absolute atomic E-state index is 0.260. The summed E-state index contributed by atoms with van der Waals surface area (Å²) in [6.45, 7) is 5.05. The summed E-state index contributed by atoms with van der Waals surface area (Å²) in [7, 11) is 1.73. The Hall–Kier alpha value is -0.450. The Morgan fingerprint density at radius 2 is 2.38 bits per heavy atom. The van der Waals surface area contributed by atoms with Crippen LogP contribution in [0.15, 0.2) is 11.7 Å². The van der Waals surface area contributed by atoms with Gasteiger partial charge in [0, 0.05) is 30.8 Å². The van der Waals surface area contributed by atoms with Gasteiger partial charge in [0.1, 0.15) is 0 Å². The average Bonchev–Trinajstić information content (AvgIpc) is 2.66. The first-order chi connectivity index (χ1) is 6.24. The third kappa shape index (κ3) is 3.42. The lowest BCUT2D eigenvalue weighted by Crippen LogP contribution is -2.27. The fraction of sp³-hybridized carbons (Fsp3) is 0.667. The van der Waals surface area contributed by atoms with Gasteiger partial charge in [0.25, 0.3) is 0 Å². The van der Waals surface area contributed by atoms with Crippen molar-refractivity contribution in [1.29, 1.82) is 0 Å². The Morgan fingerprint density at radius 3 is 2.92 bits per heavy atom. The highest BCUT2D eigenvalue weighted by Crippen LogP contribution is 2.15. The highest BCUT2D eigenvalue weighted by Gasteiger charge is 2.07. The molecular formula is C9H16N2OS. The van der Waals surface area contributed by atoms with Crippen LogP contribution in [0.4, 0.5) is 0 Å². The van der Waals surface area contributed by atoms with Crippen molar-refractivity contribution >= 4 is 11.3 Å². The van der Waals surface area contributed by atoms with E-state index in [1.165, 1.54) is 4.88 Å². The predicted octanol–water partition coefficient (Wildman–Crippen LogP) is 1.83. The van der Waals surface area contributed by atoms with Crippen LogP contribution in [-0.2, 0) is 4.74 Å². The Bertz CT molecular complexity index is 226. The normalized spacial score (nSPS) is 15.6. The van der Waals surface area contributed by atoms with Crippen LogP contribution in [-0.4, -0.2) is 24.7 Å². The number of hydrogen-bond acceptors (Lipinski definition) is 4. The van der Waals surface area contributed by atoms with Gasteiger partial charge < -0.3 is 10.1 Å². The zero-order valence-electron chi connectivity index (χ0n) is 8.28. The first-order valence-electron chi connectivity index (χ1n) is 4.38. The Balaban J connectivity index is 2.30. The summed E-state index contributed by atoms with van der Waals surface area (Å²) in [4.78, 5) is 5.30. The molecule has 0 amide bonds. The van der Waals surface area contributed by atoms with Gasteiger partial charge in [-0.2, -0.15) is 0 Å². The molecule has 4 heteroatoms. The van der Waals surface area contributed by atoms with E-state index in [1.807, 2.05) is 18.6 Å². The van der Waals surface area contributed by atoms with E-state index in [1.54, 1.807) is 18.4 Å². The molecular weight excluding hydrogens is 184 g/mol. The first kappa shape index (κ1) is 10.6. The van der Waals surface area contributed by atoms with Crippen molar-refractivity contribution < 1.29 is 4.74 Å². The number of methoxy groups -OCH3 is 1. The van der Waals surface area contributed by atoms with Crippen molar-refractivity contribution in [2.45, 2.75) is 26.0 Å². The number of thiazole rings is 1. The second kappa shape index (κ2) is 5.32. The van der Waals surface area contributed by atoms with Gasteiger partial charge in [0.05, 0.1) is 11.6 Å². The maximum absolute atomic E-state index is 5.14. The average molecular weight is 200 g/mol. The molecule has 1 N–H and O–H groups in total. The summed E-state index contributed by atoms with van der Waals surface area (Å²) in [5.41, 5.74) is 1.85. The number of nitrogens with one attached hydrogen (secondary N) is 1. The number of hydrogen-bond donors (Lipinski definition) is 1. The molecule has 1 rings (SSSR count). The van der Waals surface area contributed by atoms with Gasteiger partial charge in [-0.05, 0) is 13.8 Å². The predicted molar refractivity (Wildman–Crippen MR) is 55.0 cm³/mol. The van der Waals surface area contributed by atoms with Crippen LogP contribution in [0.5, 0.6) is 0 Å². The standard InChI is InChI=1S/C9H16N2OS/c1-7(12-3)4-11-8(2)9-5-10-6-13-9/h5-8,11H,4H2,1-3H3. The second-order valence-corrected chi connectivity index (χ2v) is 4.00. The molecule has 1 heterocycles. The molecule has 3 nitrogen and oxygen atoms in total. The van der Waals surface area contributed by atoms with E-state index in [0.717, 1.165) is 6.54 Å². The molecule has 0 radical (unpaired) electrons. The molecule has 1 aromatic heterocycles. The van der Waals surface area contributed by atoms with Crippen LogP contribution >= 0.6 is 11.3 Å². The third-order valence-corrected chi connectivity index (χ3v) is 2.95. The number of ether oxygens (including phenoxy) is 1. The summed E-state index contributed by atoms with van der Waals surface area (Å²) >= 11 is 1.68. The van der Waals surface area contributed by atoms with Gasteiger partial charge in [0.15, 0.2) is 0 Å². The molecule has 0 aliphatic carbocycles. The van der Waals surface area contributed by atoms with Crippen LogP contribution < -0.4 is 5.32 Å². The first-order valence-corrected chi connectivity index (χ1v) is 5.26. The van der Waals surface area contributed by atoms with Gasteiger partial charge in [0.2, 0.25) is 0 Å². The number of nitrogens with zero attached hydrogens (tertiary/aromatic N) is 1. The number of aromatic nitrogens is 1. The summed E-state index contributed by atoms with van der Waals surface area (Å²) in [6.07, 6.45) is 2.16. The summed E-state index contributed by atoms with van der Waals surface area (Å²) in [5.74, 6) is 0. The molecule has 13 heavy (non-hydrogen) atoms. The highest BCUT2D eigenvalue weighted by atomic mass is 32.1. The molecule has 1 aromatic rings. The van der Waals surface area contributed by atoms with Crippen molar-refractivity contribution in [2.75, 3.05) is 13.7 Å². The minimum Gasteiger partial charge on any atom is -0.380 e. The summed E-state index contributed by atoms with van der Waals surface area (Å²) in [5, 5.41) is 3.38. The van der Waals surface area contributed by atoms with E-state index >= 15 is 0 Å². The van der Waals surface area contributed by atoms with Crippen molar-refractivity contribution in [3.8, 4) is 0 Å². The Labute approximate surface area is 83.1 Å². The van der Waals surface area contributed by atoms with Crippen LogP contribution in [0, 0.1) is 0 Å². The van der Waals surface area contributed by atoms with Crippen LogP contribution in [0.3, 0.4) is 0 Å². The quantitative estimate of drug-likeness (QED) is 0.787. The van der Waals surface area contributed by atoms with Gasteiger partial charge in [-0.3, -0.25) is 4.98 Å². The molecule has 0 saturated heterocycles. The molecule has 0 saturated carbocycles. The fourth-order valence-electron chi connectivity index (χ4n) is 0.966. The van der Waals surface area contributed by atoms with E-state index in [-0.39, 0.29) is 6.10 Å². The van der Waals surface area contributed by atoms with Crippen LogP contribution in [0.2, 0.25) is 0 Å². The van der Waals surface area contributed by atoms with E-state index in [9.17, 15) is 0 Å². The molecule has 74 valence electrons. The second-order valence-electron chi connectivity index (χ2n) is 3.08. The zero-order valence-corrected chi connectivity index (χ0v) is 9.10. The zero-order chi connectivity index (χ0) is 9.68. The lowest BCUT2D eigenvalue weighted by atomic mass is 10.3. The Kier molecular flexibility index (Phi) is 4.35. The molecule has 0 bridgehead atoms. The van der Waals surface area contributed by atoms with Crippen LogP contribution in [0.1, 0.15) is 24.8 Å². The molecule has 0 aromatic carbocycles. The van der Waals surface area contributed by atoms with Crippen molar-refractivity contribution in [3.05, 3.63) is 16.6 Å². The topological polar surface area (TPSA) is 34.1 Å². The van der Waals surface area contributed by atoms with E-state index < -0.39 is 0 Å². The van der Waals surface area contributed by atoms with Crippen molar-refractivity contribution in [1.82, 2.24) is 10.3 Å². The van der Waals surface area contributed by atoms with E-state index in [0.29, 0.717) is 6.04 Å². The molecule has 0 aliphatic rings. The van der Waals surface area contributed by atoms with Crippen molar-refractivity contribution in [3.63, 3.8) is 0 Å². The number of rotatable bonds is 5. The maximum Gasteiger partial charge on any atom is 0.0794 e. The molecule has 2 atom stereocenters. The Morgan fingerprint density at radius 1 is 1.62 bits per heavy atom. The smallest absolute Gasteiger partial charge is 0.0794 e. The monoisotopic (exact) mass is 200 g/mol. The molecule has 0 fully saturated rings. The minimum atomic E-state index is 0.260. The molecule has 0 spiro atoms. The van der Waals surface area contributed by atoms with E-state index in [4.69, 9.17) is 4.74 Å². The molecule has 2 unspecified atom stereocenters. The summed E-state index contributed by atoms with van der Waals surface area (Å²) < 4.78 is 5.14. The lowest BCUT2D eigenvalue weighted by molar-refractivity contribution is 0.115. The van der Waals surface area contributed by atoms with Gasteiger partial charge in [-0.1, -0.05) is 0 Å². The summed E-state index contributed by atoms with van der Waals surface area (Å²) in [6, 6.07) is 0.366. The van der Waals surface area contributed by atoms with Gasteiger partial charge in [-0.15, -0.1) is 11.3 Å². The van der Waals surface area contributed by atoms with Crippen LogP contribution in [0.25, 0.3) is 0 Å². The SMILES string of the molecule is COC(C)CNC(C)c1cncs1. The largest absolute Gasteiger partial charge is 0.380 e. The fourth-order valence-corrected chi connectivity index (χ4v) is 1.62. The lowest BCUT2D eigenvalue weighted by Gasteiger charge is -2.15.